The molecule has 2 aromatic heterocycles. The van der Waals surface area contributed by atoms with Crippen LogP contribution in [-0.4, -0.2) is 32.4 Å². The van der Waals surface area contributed by atoms with Gasteiger partial charge in [-0.15, -0.1) is 5.10 Å². The van der Waals surface area contributed by atoms with E-state index in [1.165, 1.54) is 25.7 Å². The van der Waals surface area contributed by atoms with Gasteiger partial charge in [-0.2, -0.15) is 0 Å². The Balaban J connectivity index is 1.37. The molecule has 1 amide bonds. The van der Waals surface area contributed by atoms with Crippen molar-refractivity contribution in [2.75, 3.05) is 6.54 Å². The lowest BCUT2D eigenvalue weighted by Crippen LogP contribution is -2.27. The Bertz CT molecular complexity index is 889. The summed E-state index contributed by atoms with van der Waals surface area (Å²) < 4.78 is 2.38. The number of nitrogens with zero attached hydrogens (tertiary/aromatic N) is 3. The predicted octanol–water partition coefficient (Wildman–Crippen LogP) is 3.16. The fourth-order valence-electron chi connectivity index (χ4n) is 3.60. The minimum Gasteiger partial charge on any atom is -0.356 e. The summed E-state index contributed by atoms with van der Waals surface area (Å²) in [6.07, 6.45) is 16.0. The van der Waals surface area contributed by atoms with E-state index in [2.05, 4.69) is 48.7 Å². The Labute approximate surface area is 179 Å². The van der Waals surface area contributed by atoms with Gasteiger partial charge in [0.15, 0.2) is 0 Å². The summed E-state index contributed by atoms with van der Waals surface area (Å²) in [5, 5.41) is 11.4. The molecule has 0 saturated carbocycles. The first kappa shape index (κ1) is 21.5. The van der Waals surface area contributed by atoms with Crippen LogP contribution in [0.25, 0.3) is 0 Å². The number of amides is 1. The van der Waals surface area contributed by atoms with Crippen molar-refractivity contribution in [1.82, 2.24) is 25.3 Å². The number of rotatable bonds is 8. The van der Waals surface area contributed by atoms with Crippen molar-refractivity contribution in [2.24, 2.45) is 5.92 Å². The Morgan fingerprint density at radius 2 is 2.17 bits per heavy atom. The van der Waals surface area contributed by atoms with Crippen LogP contribution in [0, 0.1) is 5.92 Å². The number of H-pyrrole nitrogens is 1. The number of carbonyl (C=O) groups is 1. The van der Waals surface area contributed by atoms with Crippen LogP contribution in [0.5, 0.6) is 0 Å². The van der Waals surface area contributed by atoms with Gasteiger partial charge in [-0.3, -0.25) is 14.3 Å². The molecule has 7 nitrogen and oxygen atoms in total. The van der Waals surface area contributed by atoms with Crippen LogP contribution in [0.4, 0.5) is 0 Å². The molecule has 0 aliphatic heterocycles. The van der Waals surface area contributed by atoms with E-state index in [1.807, 2.05) is 10.9 Å². The molecular formula is C21H28BrN5O2. The molecule has 0 spiro atoms. The lowest BCUT2D eigenvalue weighted by atomic mass is 9.94. The van der Waals surface area contributed by atoms with Crippen molar-refractivity contribution < 1.29 is 4.79 Å². The molecule has 156 valence electrons. The summed E-state index contributed by atoms with van der Waals surface area (Å²) in [5.74, 6) is 0.566. The van der Waals surface area contributed by atoms with Gasteiger partial charge in [0, 0.05) is 25.5 Å². The third-order valence-corrected chi connectivity index (χ3v) is 6.06. The van der Waals surface area contributed by atoms with Crippen molar-refractivity contribution in [3.05, 3.63) is 56.7 Å². The van der Waals surface area contributed by atoms with Crippen LogP contribution < -0.4 is 10.9 Å². The Hall–Kier alpha value is -2.22. The quantitative estimate of drug-likeness (QED) is 0.466. The Morgan fingerprint density at radius 3 is 3.07 bits per heavy atom. The highest BCUT2D eigenvalue weighted by Gasteiger charge is 2.12. The topological polar surface area (TPSA) is 92.7 Å². The number of pyridine rings is 1. The van der Waals surface area contributed by atoms with E-state index in [0.29, 0.717) is 22.5 Å². The van der Waals surface area contributed by atoms with Gasteiger partial charge in [0.05, 0.1) is 16.6 Å². The lowest BCUT2D eigenvalue weighted by Gasteiger charge is -2.16. The third kappa shape index (κ3) is 6.96. The van der Waals surface area contributed by atoms with Gasteiger partial charge in [-0.1, -0.05) is 17.4 Å². The van der Waals surface area contributed by atoms with Crippen molar-refractivity contribution in [1.29, 1.82) is 0 Å². The molecule has 2 N–H and O–H groups in total. The molecule has 2 heterocycles. The van der Waals surface area contributed by atoms with Crippen LogP contribution in [0.3, 0.4) is 0 Å². The number of carbonyl (C=O) groups excluding carboxylic acids is 1. The van der Waals surface area contributed by atoms with E-state index >= 15 is 0 Å². The SMILES string of the molecule is O=C(Cc1cc[nH]c(=O)c1Br)NCCCc1cn(CC2CC/C=C\CCC2)nn1. The van der Waals surface area contributed by atoms with Crippen LogP contribution >= 0.6 is 15.9 Å². The molecule has 0 radical (unpaired) electrons. The molecular weight excluding hydrogens is 434 g/mol. The number of halogens is 1. The average Bonchev–Trinajstić information content (AvgIpc) is 3.12. The molecule has 1 atom stereocenters. The first-order chi connectivity index (χ1) is 14.1. The van der Waals surface area contributed by atoms with Crippen molar-refractivity contribution in [3.8, 4) is 0 Å². The van der Waals surface area contributed by atoms with E-state index in [1.54, 1.807) is 12.3 Å². The summed E-state index contributed by atoms with van der Waals surface area (Å²) >= 11 is 3.22. The summed E-state index contributed by atoms with van der Waals surface area (Å²) in [6.45, 7) is 1.50. The monoisotopic (exact) mass is 461 g/mol. The maximum absolute atomic E-state index is 12.1. The van der Waals surface area contributed by atoms with E-state index in [9.17, 15) is 9.59 Å². The van der Waals surface area contributed by atoms with Gasteiger partial charge in [0.25, 0.3) is 5.56 Å². The fourth-order valence-corrected chi connectivity index (χ4v) is 3.98. The zero-order valence-electron chi connectivity index (χ0n) is 16.6. The highest BCUT2D eigenvalue weighted by molar-refractivity contribution is 9.10. The average molecular weight is 462 g/mol. The number of allylic oxidation sites excluding steroid dienone is 2. The first-order valence-corrected chi connectivity index (χ1v) is 11.1. The largest absolute Gasteiger partial charge is 0.356 e. The minimum absolute atomic E-state index is 0.0988. The number of nitrogens with one attached hydrogen (secondary N) is 2. The molecule has 0 aromatic carbocycles. The maximum Gasteiger partial charge on any atom is 0.262 e. The second kappa shape index (κ2) is 11.1. The van der Waals surface area contributed by atoms with E-state index < -0.39 is 0 Å². The smallest absolute Gasteiger partial charge is 0.262 e. The summed E-state index contributed by atoms with van der Waals surface area (Å²) in [4.78, 5) is 26.2. The van der Waals surface area contributed by atoms with Gasteiger partial charge in [0.2, 0.25) is 5.91 Å². The third-order valence-electron chi connectivity index (χ3n) is 5.19. The minimum atomic E-state index is -0.228. The second-order valence-corrected chi connectivity index (χ2v) is 8.35. The zero-order valence-corrected chi connectivity index (χ0v) is 18.2. The number of hydrogen-bond acceptors (Lipinski definition) is 4. The summed E-state index contributed by atoms with van der Waals surface area (Å²) in [5.41, 5.74) is 1.41. The standard InChI is InChI=1S/C21H28BrN5O2/c22-20-17(10-12-24-21(20)29)13-19(28)23-11-6-9-18-15-27(26-25-18)14-16-7-4-2-1-3-5-8-16/h1-2,10,12,15-16H,3-9,11,13-14H2,(H,23,28)(H,24,29)/b2-1-. The molecule has 29 heavy (non-hydrogen) atoms. The van der Waals surface area contributed by atoms with Crippen molar-refractivity contribution >= 4 is 21.8 Å². The van der Waals surface area contributed by atoms with Crippen LogP contribution in [-0.2, 0) is 24.2 Å². The van der Waals surface area contributed by atoms with Gasteiger partial charge in [-0.25, -0.2) is 0 Å². The Morgan fingerprint density at radius 1 is 1.31 bits per heavy atom. The zero-order chi connectivity index (χ0) is 20.5. The number of aromatic amines is 1. The fraction of sp³-hybridized carbons (Fsp3) is 0.524. The van der Waals surface area contributed by atoms with Gasteiger partial charge < -0.3 is 10.3 Å². The molecule has 1 unspecified atom stereocenters. The molecule has 1 aliphatic carbocycles. The van der Waals surface area contributed by atoms with E-state index in [-0.39, 0.29) is 17.9 Å². The van der Waals surface area contributed by atoms with Crippen LogP contribution in [0.1, 0.15) is 49.8 Å². The van der Waals surface area contributed by atoms with Gasteiger partial charge in [0.1, 0.15) is 0 Å². The molecule has 0 saturated heterocycles. The summed E-state index contributed by atoms with van der Waals surface area (Å²) in [6, 6.07) is 1.73. The normalized spacial score (nSPS) is 18.0. The Kier molecular flexibility index (Phi) is 8.22. The maximum atomic E-state index is 12.1. The van der Waals surface area contributed by atoms with E-state index in [0.717, 1.165) is 31.5 Å². The highest BCUT2D eigenvalue weighted by Crippen LogP contribution is 2.20. The molecule has 2 aromatic rings. The molecule has 3 rings (SSSR count). The van der Waals surface area contributed by atoms with Gasteiger partial charge in [-0.05, 0) is 78.4 Å². The number of hydrogen-bond donors (Lipinski definition) is 2. The molecule has 1 aliphatic rings. The first-order valence-electron chi connectivity index (χ1n) is 10.3. The molecule has 8 heteroatoms. The molecule has 0 fully saturated rings. The van der Waals surface area contributed by atoms with Crippen LogP contribution in [0.2, 0.25) is 0 Å². The van der Waals surface area contributed by atoms with Gasteiger partial charge >= 0.3 is 0 Å². The highest BCUT2D eigenvalue weighted by atomic mass is 79.9. The lowest BCUT2D eigenvalue weighted by molar-refractivity contribution is -0.120. The predicted molar refractivity (Wildman–Crippen MR) is 116 cm³/mol. The second-order valence-electron chi connectivity index (χ2n) is 7.55. The van der Waals surface area contributed by atoms with E-state index in [4.69, 9.17) is 0 Å². The van der Waals surface area contributed by atoms with Crippen molar-refractivity contribution in [3.63, 3.8) is 0 Å². The van der Waals surface area contributed by atoms with Crippen LogP contribution in [0.15, 0.2) is 39.9 Å². The van der Waals surface area contributed by atoms with Crippen molar-refractivity contribution in [2.45, 2.75) is 57.9 Å². The number of aryl methyl sites for hydroxylation is 1. The number of aromatic nitrogens is 4. The molecule has 0 bridgehead atoms. The summed E-state index contributed by atoms with van der Waals surface area (Å²) in [7, 11) is 0.